The molecule has 0 aliphatic heterocycles. The van der Waals surface area contributed by atoms with Gasteiger partial charge in [-0.25, -0.2) is 4.39 Å². The van der Waals surface area contributed by atoms with Crippen molar-refractivity contribution in [1.29, 1.82) is 0 Å². The summed E-state index contributed by atoms with van der Waals surface area (Å²) in [6.45, 7) is 4.27. The van der Waals surface area contributed by atoms with Crippen molar-refractivity contribution in [1.82, 2.24) is 0 Å². The molecule has 1 heteroatoms. The molecule has 0 aliphatic rings. The minimum atomic E-state index is -0.124. The minimum absolute atomic E-state index is 0.124. The number of halogens is 1. The number of rotatable bonds is 8. The van der Waals surface area contributed by atoms with Crippen molar-refractivity contribution in [2.24, 2.45) is 0 Å². The summed E-state index contributed by atoms with van der Waals surface area (Å²) in [4.78, 5) is 0. The van der Waals surface area contributed by atoms with Crippen LogP contribution in [-0.4, -0.2) is 0 Å². The topological polar surface area (TPSA) is 0 Å². The lowest BCUT2D eigenvalue weighted by Gasteiger charge is -2.12. The maximum absolute atomic E-state index is 14.5. The zero-order chi connectivity index (χ0) is 23.0. The lowest BCUT2D eigenvalue weighted by atomic mass is 9.92. The van der Waals surface area contributed by atoms with Crippen LogP contribution in [0.1, 0.15) is 42.9 Å². The predicted octanol–water partition coefficient (Wildman–Crippen LogP) is 9.01. The van der Waals surface area contributed by atoms with Crippen LogP contribution in [0, 0.1) is 5.82 Å². The minimum Gasteiger partial charge on any atom is -0.207 e. The molecule has 0 nitrogen and oxygen atoms in total. The highest BCUT2D eigenvalue weighted by molar-refractivity contribution is 5.70. The summed E-state index contributed by atoms with van der Waals surface area (Å²) in [7, 11) is 0. The highest BCUT2D eigenvalue weighted by Gasteiger charge is 2.08. The van der Waals surface area contributed by atoms with Crippen LogP contribution < -0.4 is 0 Å². The third-order valence-corrected chi connectivity index (χ3v) is 6.29. The highest BCUT2D eigenvalue weighted by atomic mass is 19.1. The Morgan fingerprint density at radius 1 is 0.727 bits per heavy atom. The van der Waals surface area contributed by atoms with Gasteiger partial charge in [0.2, 0.25) is 0 Å². The first-order valence-electron chi connectivity index (χ1n) is 11.8. The highest BCUT2D eigenvalue weighted by Crippen LogP contribution is 2.28. The molecule has 0 saturated carbocycles. The molecule has 0 unspecified atom stereocenters. The van der Waals surface area contributed by atoms with Crippen LogP contribution in [0.4, 0.5) is 4.39 Å². The maximum Gasteiger partial charge on any atom is 0.127 e. The van der Waals surface area contributed by atoms with Crippen LogP contribution in [0.2, 0.25) is 0 Å². The van der Waals surface area contributed by atoms with E-state index in [2.05, 4.69) is 91.9 Å². The van der Waals surface area contributed by atoms with Crippen LogP contribution in [-0.2, 0) is 12.8 Å². The summed E-state index contributed by atoms with van der Waals surface area (Å²) in [5, 5.41) is 0. The van der Waals surface area contributed by atoms with Crippen molar-refractivity contribution < 1.29 is 4.39 Å². The molecule has 0 bridgehead atoms. The molecular weight excluding hydrogens is 403 g/mol. The fourth-order valence-corrected chi connectivity index (χ4v) is 4.28. The standard InChI is InChI=1S/C32H31F/c1-3-4-6-11-30-20-21-31(23-32(30)33)29-18-16-28(17-19-29)27-14-12-25(13-15-27)22-24(2)26-9-7-5-8-10-26/h3-5,7-10,12-21,23-24H,6,11,22H2,1-2H3/b4-3+/t24-/m1/s1. The Balaban J connectivity index is 1.43. The monoisotopic (exact) mass is 434 g/mol. The van der Waals surface area contributed by atoms with Crippen molar-refractivity contribution in [3.63, 3.8) is 0 Å². The van der Waals surface area contributed by atoms with Gasteiger partial charge in [-0.2, -0.15) is 0 Å². The molecule has 33 heavy (non-hydrogen) atoms. The molecule has 0 radical (unpaired) electrons. The first-order valence-corrected chi connectivity index (χ1v) is 11.8. The molecule has 1 atom stereocenters. The summed E-state index contributed by atoms with van der Waals surface area (Å²) >= 11 is 0. The first kappa shape index (κ1) is 22.7. The molecular formula is C32H31F. The Kier molecular flexibility index (Phi) is 7.52. The van der Waals surface area contributed by atoms with Crippen molar-refractivity contribution in [2.45, 2.75) is 39.0 Å². The molecule has 4 aromatic carbocycles. The summed E-state index contributed by atoms with van der Waals surface area (Å²) < 4.78 is 14.5. The van der Waals surface area contributed by atoms with Crippen LogP contribution in [0.15, 0.2) is 109 Å². The van der Waals surface area contributed by atoms with Gasteiger partial charge in [-0.15, -0.1) is 0 Å². The fraction of sp³-hybridized carbons (Fsp3) is 0.188. The average molecular weight is 435 g/mol. The van der Waals surface area contributed by atoms with E-state index < -0.39 is 0 Å². The SMILES string of the molecule is C/C=C/CCc1ccc(-c2ccc(-c3ccc(C[C@@H](C)c4ccccc4)cc3)cc2)cc1F. The molecule has 0 amide bonds. The number of hydrogen-bond donors (Lipinski definition) is 0. The van der Waals surface area contributed by atoms with Crippen molar-refractivity contribution >= 4 is 0 Å². The molecule has 4 rings (SSSR count). The maximum atomic E-state index is 14.5. The van der Waals surface area contributed by atoms with E-state index in [1.807, 2.05) is 25.1 Å². The second-order valence-electron chi connectivity index (χ2n) is 8.70. The van der Waals surface area contributed by atoms with Gasteiger partial charge in [-0.1, -0.05) is 110 Å². The van der Waals surface area contributed by atoms with Gasteiger partial charge in [-0.05, 0) is 77.1 Å². The van der Waals surface area contributed by atoms with Crippen molar-refractivity contribution in [3.05, 3.63) is 132 Å². The Hall–Kier alpha value is -3.45. The molecule has 4 aromatic rings. The van der Waals surface area contributed by atoms with Gasteiger partial charge in [-0.3, -0.25) is 0 Å². The van der Waals surface area contributed by atoms with E-state index in [0.717, 1.165) is 36.0 Å². The summed E-state index contributed by atoms with van der Waals surface area (Å²) in [6.07, 6.45) is 6.70. The number of allylic oxidation sites excluding steroid dienone is 2. The lowest BCUT2D eigenvalue weighted by Crippen LogP contribution is -1.98. The Morgan fingerprint density at radius 3 is 1.91 bits per heavy atom. The molecule has 0 saturated heterocycles. The molecule has 0 fully saturated rings. The van der Waals surface area contributed by atoms with Gasteiger partial charge in [0.1, 0.15) is 5.82 Å². The molecule has 166 valence electrons. The van der Waals surface area contributed by atoms with Gasteiger partial charge in [0, 0.05) is 0 Å². The third-order valence-electron chi connectivity index (χ3n) is 6.29. The summed E-state index contributed by atoms with van der Waals surface area (Å²) in [5.74, 6) is 0.368. The van der Waals surface area contributed by atoms with Gasteiger partial charge in [0.25, 0.3) is 0 Å². The van der Waals surface area contributed by atoms with E-state index in [9.17, 15) is 4.39 Å². The predicted molar refractivity (Wildman–Crippen MR) is 139 cm³/mol. The van der Waals surface area contributed by atoms with Gasteiger partial charge in [0.05, 0.1) is 0 Å². The first-order chi connectivity index (χ1) is 16.1. The Labute approximate surface area is 197 Å². The number of hydrogen-bond acceptors (Lipinski definition) is 0. The van der Waals surface area contributed by atoms with Crippen molar-refractivity contribution in [3.8, 4) is 22.3 Å². The van der Waals surface area contributed by atoms with E-state index in [4.69, 9.17) is 0 Å². The van der Waals surface area contributed by atoms with E-state index in [-0.39, 0.29) is 5.82 Å². The van der Waals surface area contributed by atoms with Gasteiger partial charge in [0.15, 0.2) is 0 Å². The van der Waals surface area contributed by atoms with E-state index in [1.54, 1.807) is 6.07 Å². The molecule has 0 spiro atoms. The molecule has 0 aromatic heterocycles. The van der Waals surface area contributed by atoms with Crippen LogP contribution in [0.5, 0.6) is 0 Å². The van der Waals surface area contributed by atoms with Crippen LogP contribution >= 0.6 is 0 Å². The average Bonchev–Trinajstić information content (AvgIpc) is 2.86. The smallest absolute Gasteiger partial charge is 0.127 e. The second-order valence-corrected chi connectivity index (χ2v) is 8.70. The van der Waals surface area contributed by atoms with E-state index in [0.29, 0.717) is 5.92 Å². The fourth-order valence-electron chi connectivity index (χ4n) is 4.28. The lowest BCUT2D eigenvalue weighted by molar-refractivity contribution is 0.610. The summed E-state index contributed by atoms with van der Waals surface area (Å²) in [5.41, 5.74) is 7.81. The summed E-state index contributed by atoms with van der Waals surface area (Å²) in [6, 6.07) is 33.5. The van der Waals surface area contributed by atoms with Crippen LogP contribution in [0.25, 0.3) is 22.3 Å². The van der Waals surface area contributed by atoms with E-state index in [1.165, 1.54) is 22.3 Å². The zero-order valence-corrected chi connectivity index (χ0v) is 19.5. The van der Waals surface area contributed by atoms with Crippen LogP contribution in [0.3, 0.4) is 0 Å². The second kappa shape index (κ2) is 10.9. The largest absolute Gasteiger partial charge is 0.207 e. The third kappa shape index (κ3) is 5.87. The molecule has 0 N–H and O–H groups in total. The van der Waals surface area contributed by atoms with Crippen molar-refractivity contribution in [2.75, 3.05) is 0 Å². The molecule has 0 heterocycles. The Morgan fingerprint density at radius 2 is 1.30 bits per heavy atom. The normalized spacial score (nSPS) is 12.2. The number of aryl methyl sites for hydroxylation is 1. The number of benzene rings is 4. The zero-order valence-electron chi connectivity index (χ0n) is 19.5. The molecule has 0 aliphatic carbocycles. The van der Waals surface area contributed by atoms with Gasteiger partial charge < -0.3 is 0 Å². The van der Waals surface area contributed by atoms with E-state index >= 15 is 0 Å². The quantitative estimate of drug-likeness (QED) is 0.243. The van der Waals surface area contributed by atoms with Gasteiger partial charge >= 0.3 is 0 Å². The Bertz CT molecular complexity index is 1190.